The van der Waals surface area contributed by atoms with Gasteiger partial charge in [0, 0.05) is 39.6 Å². The number of phenolic OH excluding ortho intramolecular Hbond substituents is 1. The predicted octanol–water partition coefficient (Wildman–Crippen LogP) is 0.687. The van der Waals surface area contributed by atoms with Crippen molar-refractivity contribution in [2.75, 3.05) is 40.3 Å². The summed E-state index contributed by atoms with van der Waals surface area (Å²) < 4.78 is 0. The van der Waals surface area contributed by atoms with Gasteiger partial charge in [0.1, 0.15) is 11.8 Å². The minimum Gasteiger partial charge on any atom is -0.508 e. The van der Waals surface area contributed by atoms with Crippen molar-refractivity contribution >= 4 is 12.0 Å². The van der Waals surface area contributed by atoms with Crippen LogP contribution in [0.4, 0.5) is 4.79 Å². The highest BCUT2D eigenvalue weighted by Gasteiger charge is 2.30. The number of carbonyl (C=O) groups excluding carboxylic acids is 1. The summed E-state index contributed by atoms with van der Waals surface area (Å²) in [6.07, 6.45) is 0.200. The fourth-order valence-corrected chi connectivity index (χ4v) is 2.60. The summed E-state index contributed by atoms with van der Waals surface area (Å²) in [5.74, 6) is -0.912. The van der Waals surface area contributed by atoms with Crippen molar-refractivity contribution in [3.8, 4) is 5.75 Å². The van der Waals surface area contributed by atoms with E-state index in [4.69, 9.17) is 0 Å². The first-order valence-corrected chi connectivity index (χ1v) is 7.59. The number of piperazine rings is 1. The van der Waals surface area contributed by atoms with Gasteiger partial charge in [0.25, 0.3) is 0 Å². The number of carboxylic acid groups (broad SMARTS) is 1. The average molecular weight is 321 g/mol. The number of carbonyl (C=O) groups is 2. The minimum atomic E-state index is -1.04. The van der Waals surface area contributed by atoms with Crippen LogP contribution < -0.4 is 0 Å². The molecule has 1 atom stereocenters. The molecule has 0 aliphatic carbocycles. The highest BCUT2D eigenvalue weighted by Crippen LogP contribution is 2.15. The van der Waals surface area contributed by atoms with Gasteiger partial charge in [-0.15, -0.1) is 0 Å². The molecule has 0 saturated carbocycles. The van der Waals surface area contributed by atoms with Crippen LogP contribution in [0.25, 0.3) is 0 Å². The zero-order valence-corrected chi connectivity index (χ0v) is 13.5. The second kappa shape index (κ2) is 7.32. The molecule has 7 nitrogen and oxygen atoms in total. The number of urea groups is 1. The molecule has 0 aromatic heterocycles. The lowest BCUT2D eigenvalue weighted by molar-refractivity contribution is -0.142. The maximum atomic E-state index is 12.5. The molecule has 0 spiro atoms. The fraction of sp³-hybridized carbons (Fsp3) is 0.500. The van der Waals surface area contributed by atoms with E-state index in [1.807, 2.05) is 7.05 Å². The summed E-state index contributed by atoms with van der Waals surface area (Å²) in [5.41, 5.74) is 0.758. The van der Waals surface area contributed by atoms with Crippen molar-refractivity contribution in [1.82, 2.24) is 14.7 Å². The van der Waals surface area contributed by atoms with Gasteiger partial charge >= 0.3 is 12.0 Å². The maximum absolute atomic E-state index is 12.5. The van der Waals surface area contributed by atoms with Crippen molar-refractivity contribution in [2.45, 2.75) is 12.5 Å². The largest absolute Gasteiger partial charge is 0.508 e. The lowest BCUT2D eigenvalue weighted by Crippen LogP contribution is -2.54. The molecule has 1 aliphatic heterocycles. The number of aromatic hydroxyl groups is 1. The summed E-state index contributed by atoms with van der Waals surface area (Å²) >= 11 is 0. The molecule has 2 amide bonds. The molecule has 0 radical (unpaired) electrons. The summed E-state index contributed by atoms with van der Waals surface area (Å²) in [7, 11) is 3.52. The Kier molecular flexibility index (Phi) is 5.44. The van der Waals surface area contributed by atoms with Gasteiger partial charge in [0.05, 0.1) is 0 Å². The zero-order chi connectivity index (χ0) is 17.0. The summed E-state index contributed by atoms with van der Waals surface area (Å²) in [5, 5.41) is 18.8. The molecule has 1 aromatic rings. The van der Waals surface area contributed by atoms with Gasteiger partial charge < -0.3 is 24.9 Å². The Labute approximate surface area is 135 Å². The lowest BCUT2D eigenvalue weighted by Gasteiger charge is -2.36. The van der Waals surface area contributed by atoms with Crippen molar-refractivity contribution in [2.24, 2.45) is 0 Å². The number of benzene rings is 1. The normalized spacial score (nSPS) is 16.9. The molecule has 23 heavy (non-hydrogen) atoms. The number of amides is 2. The maximum Gasteiger partial charge on any atom is 0.326 e. The Morgan fingerprint density at radius 1 is 1.17 bits per heavy atom. The summed E-state index contributed by atoms with van der Waals surface area (Å²) in [4.78, 5) is 29.2. The van der Waals surface area contributed by atoms with Gasteiger partial charge in [-0.3, -0.25) is 0 Å². The van der Waals surface area contributed by atoms with Crippen molar-refractivity contribution < 1.29 is 19.8 Å². The van der Waals surface area contributed by atoms with Gasteiger partial charge in [-0.1, -0.05) is 12.1 Å². The molecule has 1 aromatic carbocycles. The summed E-state index contributed by atoms with van der Waals surface area (Å²) in [6.45, 7) is 2.78. The van der Waals surface area contributed by atoms with Crippen LogP contribution in [-0.2, 0) is 11.2 Å². The van der Waals surface area contributed by atoms with E-state index in [0.717, 1.165) is 18.7 Å². The summed E-state index contributed by atoms with van der Waals surface area (Å²) in [6, 6.07) is 5.15. The van der Waals surface area contributed by atoms with Gasteiger partial charge in [0.15, 0.2) is 0 Å². The molecule has 1 heterocycles. The Bertz CT molecular complexity index is 553. The Morgan fingerprint density at radius 2 is 1.74 bits per heavy atom. The van der Waals surface area contributed by atoms with E-state index < -0.39 is 12.0 Å². The molecule has 2 N–H and O–H groups in total. The van der Waals surface area contributed by atoms with Gasteiger partial charge in [-0.2, -0.15) is 0 Å². The van der Waals surface area contributed by atoms with Crippen LogP contribution >= 0.6 is 0 Å². The van der Waals surface area contributed by atoms with Gasteiger partial charge in [-0.25, -0.2) is 9.59 Å². The van der Waals surface area contributed by atoms with Crippen LogP contribution in [0, 0.1) is 0 Å². The third-order valence-corrected chi connectivity index (χ3v) is 4.19. The number of rotatable bonds is 4. The first-order chi connectivity index (χ1) is 10.9. The fourth-order valence-electron chi connectivity index (χ4n) is 2.60. The van der Waals surface area contributed by atoms with Crippen LogP contribution in [0.1, 0.15) is 5.56 Å². The Hall–Kier alpha value is -2.28. The molecular formula is C16H23N3O4. The van der Waals surface area contributed by atoms with Crippen LogP contribution in [0.5, 0.6) is 5.75 Å². The quantitative estimate of drug-likeness (QED) is 0.852. The van der Waals surface area contributed by atoms with Crippen LogP contribution in [0.15, 0.2) is 24.3 Å². The van der Waals surface area contributed by atoms with Gasteiger partial charge in [-0.05, 0) is 24.7 Å². The molecule has 0 bridgehead atoms. The van der Waals surface area contributed by atoms with Crippen LogP contribution in [0.3, 0.4) is 0 Å². The van der Waals surface area contributed by atoms with Crippen molar-refractivity contribution in [1.29, 1.82) is 0 Å². The SMILES string of the molecule is CN1CCN(C(=O)N(C)C(Cc2ccc(O)cc2)C(=O)O)CC1. The number of aliphatic carboxylic acids is 1. The number of hydrogen-bond acceptors (Lipinski definition) is 4. The van der Waals surface area contributed by atoms with E-state index in [2.05, 4.69) is 4.90 Å². The first-order valence-electron chi connectivity index (χ1n) is 7.59. The number of likely N-dealkylation sites (N-methyl/N-ethyl adjacent to an activating group) is 2. The Balaban J connectivity index is 2.05. The second-order valence-corrected chi connectivity index (χ2v) is 5.91. The van der Waals surface area contributed by atoms with Crippen molar-refractivity contribution in [3.63, 3.8) is 0 Å². The molecule has 2 rings (SSSR count). The van der Waals surface area contributed by atoms with Gasteiger partial charge in [0.2, 0.25) is 0 Å². The van der Waals surface area contributed by atoms with E-state index in [9.17, 15) is 19.8 Å². The molecule has 1 aliphatic rings. The molecule has 7 heteroatoms. The van der Waals surface area contributed by atoms with E-state index in [-0.39, 0.29) is 18.2 Å². The number of hydrogen-bond donors (Lipinski definition) is 2. The number of phenols is 1. The standard InChI is InChI=1S/C16H23N3O4/c1-17-7-9-19(10-8-17)16(23)18(2)14(15(21)22)11-12-3-5-13(20)6-4-12/h3-6,14,20H,7-11H2,1-2H3,(H,21,22). The second-order valence-electron chi connectivity index (χ2n) is 5.91. The van der Waals surface area contributed by atoms with E-state index in [0.29, 0.717) is 13.1 Å². The van der Waals surface area contributed by atoms with E-state index in [1.54, 1.807) is 17.0 Å². The molecule has 1 fully saturated rings. The lowest BCUT2D eigenvalue weighted by atomic mass is 10.0. The topological polar surface area (TPSA) is 84.3 Å². The average Bonchev–Trinajstić information content (AvgIpc) is 2.53. The van der Waals surface area contributed by atoms with Crippen LogP contribution in [-0.4, -0.2) is 83.2 Å². The highest BCUT2D eigenvalue weighted by molar-refractivity contribution is 5.82. The monoisotopic (exact) mass is 321 g/mol. The minimum absolute atomic E-state index is 0.127. The van der Waals surface area contributed by atoms with Crippen molar-refractivity contribution in [3.05, 3.63) is 29.8 Å². The molecular weight excluding hydrogens is 298 g/mol. The Morgan fingerprint density at radius 3 is 2.26 bits per heavy atom. The molecule has 126 valence electrons. The molecule has 1 saturated heterocycles. The first kappa shape index (κ1) is 17.1. The molecule has 1 unspecified atom stereocenters. The predicted molar refractivity (Wildman–Crippen MR) is 85.5 cm³/mol. The third-order valence-electron chi connectivity index (χ3n) is 4.19. The third kappa shape index (κ3) is 4.35. The van der Waals surface area contributed by atoms with Crippen LogP contribution in [0.2, 0.25) is 0 Å². The highest BCUT2D eigenvalue weighted by atomic mass is 16.4. The van der Waals surface area contributed by atoms with E-state index in [1.165, 1.54) is 24.1 Å². The zero-order valence-electron chi connectivity index (χ0n) is 13.5. The number of nitrogens with zero attached hydrogens (tertiary/aromatic N) is 3. The number of carboxylic acids is 1. The smallest absolute Gasteiger partial charge is 0.326 e. The van der Waals surface area contributed by atoms with E-state index >= 15 is 0 Å².